The first-order valence-corrected chi connectivity index (χ1v) is 5.99. The molecule has 0 fully saturated rings. The monoisotopic (exact) mass is 265 g/mol. The number of rotatable bonds is 3. The number of aromatic nitrogens is 1. The van der Waals surface area contributed by atoms with Gasteiger partial charge in [0.25, 0.3) is 0 Å². The lowest BCUT2D eigenvalue weighted by atomic mass is 10.1. The molecule has 1 aromatic heterocycles. The summed E-state index contributed by atoms with van der Waals surface area (Å²) in [7, 11) is 0. The van der Waals surface area contributed by atoms with E-state index in [1.807, 2.05) is 19.1 Å². The van der Waals surface area contributed by atoms with Crippen LogP contribution in [-0.2, 0) is 0 Å². The van der Waals surface area contributed by atoms with Crippen molar-refractivity contribution in [3.8, 4) is 5.88 Å². The first-order valence-electron chi connectivity index (χ1n) is 5.61. The van der Waals surface area contributed by atoms with E-state index in [4.69, 9.17) is 16.3 Å². The topological polar surface area (TPSA) is 22.1 Å². The highest BCUT2D eigenvalue weighted by Gasteiger charge is 2.14. The highest BCUT2D eigenvalue weighted by atomic mass is 35.5. The van der Waals surface area contributed by atoms with E-state index >= 15 is 0 Å². The summed E-state index contributed by atoms with van der Waals surface area (Å²) >= 11 is 5.71. The molecule has 2 rings (SSSR count). The Kier molecular flexibility index (Phi) is 3.82. The van der Waals surface area contributed by atoms with Gasteiger partial charge in [-0.2, -0.15) is 0 Å². The molecule has 0 radical (unpaired) electrons. The van der Waals surface area contributed by atoms with Gasteiger partial charge in [-0.3, -0.25) is 0 Å². The fraction of sp³-hybridized carbons (Fsp3) is 0.214. The summed E-state index contributed by atoms with van der Waals surface area (Å²) in [6.45, 7) is 3.67. The Labute approximate surface area is 110 Å². The van der Waals surface area contributed by atoms with Crippen LogP contribution in [0.3, 0.4) is 0 Å². The van der Waals surface area contributed by atoms with E-state index in [2.05, 4.69) is 4.98 Å². The van der Waals surface area contributed by atoms with Gasteiger partial charge in [-0.25, -0.2) is 9.37 Å². The first-order chi connectivity index (χ1) is 8.58. The highest BCUT2D eigenvalue weighted by molar-refractivity contribution is 6.30. The smallest absolute Gasteiger partial charge is 0.216 e. The predicted octanol–water partition coefficient (Wildman–Crippen LogP) is 4.32. The van der Waals surface area contributed by atoms with Gasteiger partial charge in [-0.15, -0.1) is 0 Å². The third-order valence-electron chi connectivity index (χ3n) is 2.65. The summed E-state index contributed by atoms with van der Waals surface area (Å²) < 4.78 is 19.4. The highest BCUT2D eigenvalue weighted by Crippen LogP contribution is 2.25. The van der Waals surface area contributed by atoms with Crippen LogP contribution < -0.4 is 4.74 Å². The molecule has 4 heteroatoms. The minimum Gasteiger partial charge on any atom is -0.469 e. The molecule has 0 N–H and O–H groups in total. The van der Waals surface area contributed by atoms with Crippen molar-refractivity contribution in [2.45, 2.75) is 20.0 Å². The molecule has 0 aliphatic carbocycles. The van der Waals surface area contributed by atoms with Crippen molar-refractivity contribution in [2.24, 2.45) is 0 Å². The third kappa shape index (κ3) is 2.79. The number of halogens is 2. The van der Waals surface area contributed by atoms with Gasteiger partial charge < -0.3 is 4.74 Å². The van der Waals surface area contributed by atoms with E-state index in [1.54, 1.807) is 25.3 Å². The van der Waals surface area contributed by atoms with Gasteiger partial charge in [0.05, 0.1) is 0 Å². The van der Waals surface area contributed by atoms with Crippen molar-refractivity contribution in [2.75, 3.05) is 0 Å². The number of pyridine rings is 1. The molecule has 94 valence electrons. The van der Waals surface area contributed by atoms with E-state index < -0.39 is 6.10 Å². The second kappa shape index (κ2) is 5.36. The molecule has 2 aromatic rings. The van der Waals surface area contributed by atoms with Crippen molar-refractivity contribution >= 4 is 11.6 Å². The summed E-state index contributed by atoms with van der Waals surface area (Å²) in [6, 6.07) is 8.27. The molecule has 2 nitrogen and oxygen atoms in total. The fourth-order valence-electron chi connectivity index (χ4n) is 1.66. The number of benzene rings is 1. The quantitative estimate of drug-likeness (QED) is 0.824. The van der Waals surface area contributed by atoms with Gasteiger partial charge in [-0.1, -0.05) is 23.7 Å². The number of hydrogen-bond acceptors (Lipinski definition) is 2. The minimum absolute atomic E-state index is 0.372. The number of hydrogen-bond donors (Lipinski definition) is 0. The van der Waals surface area contributed by atoms with Gasteiger partial charge in [0.2, 0.25) is 5.88 Å². The van der Waals surface area contributed by atoms with Gasteiger partial charge in [0, 0.05) is 22.3 Å². The van der Waals surface area contributed by atoms with Crippen molar-refractivity contribution in [3.05, 3.63) is 58.5 Å². The van der Waals surface area contributed by atoms with Crippen LogP contribution in [0.2, 0.25) is 5.02 Å². The zero-order valence-corrected chi connectivity index (χ0v) is 10.9. The van der Waals surface area contributed by atoms with Crippen molar-refractivity contribution < 1.29 is 9.13 Å². The van der Waals surface area contributed by atoms with E-state index in [1.165, 1.54) is 6.07 Å². The number of aryl methyl sites for hydroxylation is 1. The Morgan fingerprint density at radius 2 is 2.11 bits per heavy atom. The molecule has 0 aliphatic heterocycles. The Bertz CT molecular complexity index is 559. The molecular formula is C14H13ClFNO. The standard InChI is InChI=1S/C14H13ClFNO/c1-9-4-3-7-17-14(9)18-10(2)12-6-5-11(15)8-13(12)16/h3-8,10H,1-2H3. The molecular weight excluding hydrogens is 253 g/mol. The Morgan fingerprint density at radius 3 is 2.78 bits per heavy atom. The van der Waals surface area contributed by atoms with Crippen LogP contribution in [-0.4, -0.2) is 4.98 Å². The van der Waals surface area contributed by atoms with Crippen molar-refractivity contribution in [1.82, 2.24) is 4.98 Å². The van der Waals surface area contributed by atoms with Crippen molar-refractivity contribution in [3.63, 3.8) is 0 Å². The Hall–Kier alpha value is -1.61. The maximum atomic E-state index is 13.7. The second-order valence-corrected chi connectivity index (χ2v) is 4.49. The van der Waals surface area contributed by atoms with Crippen molar-refractivity contribution in [1.29, 1.82) is 0 Å². The number of ether oxygens (including phenoxy) is 1. The molecule has 0 bridgehead atoms. The molecule has 1 heterocycles. The van der Waals surface area contributed by atoms with Crippen LogP contribution in [0.5, 0.6) is 5.88 Å². The SMILES string of the molecule is Cc1cccnc1OC(C)c1ccc(Cl)cc1F. The summed E-state index contributed by atoms with van der Waals surface area (Å²) in [4.78, 5) is 4.12. The van der Waals surface area contributed by atoms with E-state index in [9.17, 15) is 4.39 Å². The third-order valence-corrected chi connectivity index (χ3v) is 2.89. The van der Waals surface area contributed by atoms with Crippen LogP contribution in [0.4, 0.5) is 4.39 Å². The minimum atomic E-state index is -0.420. The summed E-state index contributed by atoms with van der Waals surface area (Å²) in [5, 5.41) is 0.373. The lowest BCUT2D eigenvalue weighted by Gasteiger charge is -2.16. The molecule has 0 spiro atoms. The predicted molar refractivity (Wildman–Crippen MR) is 69.4 cm³/mol. The van der Waals surface area contributed by atoms with Crippen LogP contribution in [0, 0.1) is 12.7 Å². The molecule has 0 amide bonds. The molecule has 0 saturated carbocycles. The first kappa shape index (κ1) is 12.8. The van der Waals surface area contributed by atoms with Gasteiger partial charge in [0.1, 0.15) is 11.9 Å². The van der Waals surface area contributed by atoms with E-state index in [-0.39, 0.29) is 5.82 Å². The second-order valence-electron chi connectivity index (χ2n) is 4.05. The average Bonchev–Trinajstić information content (AvgIpc) is 2.32. The maximum Gasteiger partial charge on any atom is 0.216 e. The van der Waals surface area contributed by atoms with Gasteiger partial charge in [-0.05, 0) is 32.0 Å². The summed E-state index contributed by atoms with van der Waals surface area (Å²) in [5.74, 6) is 0.142. The average molecular weight is 266 g/mol. The van der Waals surface area contributed by atoms with Crippen LogP contribution in [0.15, 0.2) is 36.5 Å². The van der Waals surface area contributed by atoms with Gasteiger partial charge >= 0.3 is 0 Å². The Balaban J connectivity index is 2.22. The molecule has 1 atom stereocenters. The largest absolute Gasteiger partial charge is 0.469 e. The molecule has 0 saturated heterocycles. The van der Waals surface area contributed by atoms with Crippen LogP contribution in [0.1, 0.15) is 24.2 Å². The lowest BCUT2D eigenvalue weighted by Crippen LogP contribution is -2.07. The maximum absolute atomic E-state index is 13.7. The zero-order valence-electron chi connectivity index (χ0n) is 10.2. The normalized spacial score (nSPS) is 12.2. The molecule has 0 aliphatic rings. The lowest BCUT2D eigenvalue weighted by molar-refractivity contribution is 0.210. The van der Waals surface area contributed by atoms with E-state index in [0.717, 1.165) is 5.56 Å². The Morgan fingerprint density at radius 1 is 1.33 bits per heavy atom. The molecule has 1 unspecified atom stereocenters. The number of nitrogens with zero attached hydrogens (tertiary/aromatic N) is 1. The summed E-state index contributed by atoms with van der Waals surface area (Å²) in [5.41, 5.74) is 1.38. The fourth-order valence-corrected chi connectivity index (χ4v) is 1.82. The summed E-state index contributed by atoms with van der Waals surface area (Å²) in [6.07, 6.45) is 1.23. The van der Waals surface area contributed by atoms with Gasteiger partial charge in [0.15, 0.2) is 0 Å². The van der Waals surface area contributed by atoms with E-state index in [0.29, 0.717) is 16.5 Å². The molecule has 1 aromatic carbocycles. The molecule has 18 heavy (non-hydrogen) atoms. The van der Waals surface area contributed by atoms with Crippen LogP contribution >= 0.6 is 11.6 Å². The van der Waals surface area contributed by atoms with Crippen LogP contribution in [0.25, 0.3) is 0 Å². The zero-order chi connectivity index (χ0) is 13.1.